The fraction of sp³-hybridized carbons (Fsp3) is 0.350. The van der Waals surface area contributed by atoms with E-state index in [2.05, 4.69) is 5.16 Å². The van der Waals surface area contributed by atoms with Crippen LogP contribution in [-0.4, -0.2) is 19.4 Å². The number of nitrogens with zero attached hydrogens (tertiary/aromatic N) is 1. The van der Waals surface area contributed by atoms with E-state index in [1.165, 1.54) is 0 Å². The van der Waals surface area contributed by atoms with E-state index in [-0.39, 0.29) is 0 Å². The van der Waals surface area contributed by atoms with Crippen molar-refractivity contribution in [3.63, 3.8) is 0 Å². The van der Waals surface area contributed by atoms with Crippen molar-refractivity contribution in [1.82, 2.24) is 0 Å². The van der Waals surface area contributed by atoms with Gasteiger partial charge in [-0.25, -0.2) is 0 Å². The minimum Gasteiger partial charge on any atom is -0.494 e. The molecule has 0 heterocycles. The molecule has 24 heavy (non-hydrogen) atoms. The van der Waals surface area contributed by atoms with Crippen LogP contribution in [0.15, 0.2) is 59.8 Å². The van der Waals surface area contributed by atoms with Crippen LogP contribution in [-0.2, 0) is 4.84 Å². The molecule has 2 aromatic carbocycles. The first-order chi connectivity index (χ1) is 11.9. The van der Waals surface area contributed by atoms with Crippen LogP contribution in [0.1, 0.15) is 32.6 Å². The average Bonchev–Trinajstić information content (AvgIpc) is 2.62. The number of hydrogen-bond donors (Lipinski definition) is 0. The molecular formula is C20H25NO3. The van der Waals surface area contributed by atoms with Gasteiger partial charge in [0.1, 0.15) is 23.9 Å². The van der Waals surface area contributed by atoms with Gasteiger partial charge in [0.05, 0.1) is 6.61 Å². The standard InChI is InChI=1S/C20H25NO3/c1-2-15-21-23-17-8-4-7-16-22-18-11-13-20(14-12-18)24-19-9-5-3-6-10-19/h3,5-6,9-15H,2,4,7-8,16-17H2,1H3. The van der Waals surface area contributed by atoms with Crippen molar-refractivity contribution < 1.29 is 14.3 Å². The van der Waals surface area contributed by atoms with E-state index in [0.29, 0.717) is 13.2 Å². The summed E-state index contributed by atoms with van der Waals surface area (Å²) in [6, 6.07) is 17.4. The highest BCUT2D eigenvalue weighted by molar-refractivity contribution is 5.55. The van der Waals surface area contributed by atoms with Crippen LogP contribution in [0.4, 0.5) is 0 Å². The number of unbranched alkanes of at least 4 members (excludes halogenated alkanes) is 2. The molecule has 0 fully saturated rings. The molecule has 0 saturated heterocycles. The normalized spacial score (nSPS) is 10.7. The summed E-state index contributed by atoms with van der Waals surface area (Å²) in [5.41, 5.74) is 0. The smallest absolute Gasteiger partial charge is 0.127 e. The Morgan fingerprint density at radius 1 is 0.792 bits per heavy atom. The first-order valence-electron chi connectivity index (χ1n) is 8.48. The number of para-hydroxylation sites is 1. The molecule has 2 rings (SSSR count). The summed E-state index contributed by atoms with van der Waals surface area (Å²) in [6.07, 6.45) is 5.74. The molecule has 0 N–H and O–H groups in total. The zero-order valence-corrected chi connectivity index (χ0v) is 14.2. The van der Waals surface area contributed by atoms with E-state index in [1.807, 2.05) is 61.5 Å². The van der Waals surface area contributed by atoms with Crippen molar-refractivity contribution in [2.24, 2.45) is 5.16 Å². The first kappa shape index (κ1) is 17.9. The van der Waals surface area contributed by atoms with Crippen LogP contribution >= 0.6 is 0 Å². The Balaban J connectivity index is 1.59. The molecule has 0 aromatic heterocycles. The van der Waals surface area contributed by atoms with Gasteiger partial charge in [-0.1, -0.05) is 30.3 Å². The van der Waals surface area contributed by atoms with Gasteiger partial charge in [0, 0.05) is 6.21 Å². The topological polar surface area (TPSA) is 40.0 Å². The molecular weight excluding hydrogens is 302 g/mol. The van der Waals surface area contributed by atoms with Crippen molar-refractivity contribution in [2.75, 3.05) is 13.2 Å². The molecule has 0 saturated carbocycles. The molecule has 0 unspecified atom stereocenters. The second kappa shape index (κ2) is 11.1. The molecule has 2 aromatic rings. The van der Waals surface area contributed by atoms with Gasteiger partial charge in [-0.2, -0.15) is 0 Å². The maximum absolute atomic E-state index is 5.75. The third-order valence-electron chi connectivity index (χ3n) is 3.28. The maximum Gasteiger partial charge on any atom is 0.127 e. The predicted octanol–water partition coefficient (Wildman–Crippen LogP) is 5.44. The van der Waals surface area contributed by atoms with Crippen LogP contribution < -0.4 is 9.47 Å². The minimum atomic E-state index is 0.669. The Bertz CT molecular complexity index is 582. The van der Waals surface area contributed by atoms with Crippen LogP contribution in [0.5, 0.6) is 17.2 Å². The Morgan fingerprint density at radius 2 is 1.46 bits per heavy atom. The van der Waals surface area contributed by atoms with E-state index in [0.717, 1.165) is 42.9 Å². The van der Waals surface area contributed by atoms with E-state index < -0.39 is 0 Å². The molecule has 0 spiro atoms. The average molecular weight is 327 g/mol. The van der Waals surface area contributed by atoms with Crippen LogP contribution in [0.2, 0.25) is 0 Å². The largest absolute Gasteiger partial charge is 0.494 e. The summed E-state index contributed by atoms with van der Waals surface area (Å²) in [6.45, 7) is 3.41. The van der Waals surface area contributed by atoms with Crippen molar-refractivity contribution in [1.29, 1.82) is 0 Å². The van der Waals surface area contributed by atoms with Crippen molar-refractivity contribution in [3.05, 3.63) is 54.6 Å². The minimum absolute atomic E-state index is 0.669. The van der Waals surface area contributed by atoms with Crippen LogP contribution in [0.3, 0.4) is 0 Å². The fourth-order valence-corrected chi connectivity index (χ4v) is 2.04. The molecule has 0 amide bonds. The Kier molecular flexibility index (Phi) is 8.27. The van der Waals surface area contributed by atoms with Crippen molar-refractivity contribution in [2.45, 2.75) is 32.6 Å². The molecule has 0 aliphatic heterocycles. The predicted molar refractivity (Wildman–Crippen MR) is 97.0 cm³/mol. The Hall–Kier alpha value is -2.49. The number of rotatable bonds is 11. The van der Waals surface area contributed by atoms with Gasteiger partial charge in [0.2, 0.25) is 0 Å². The highest BCUT2D eigenvalue weighted by atomic mass is 16.6. The summed E-state index contributed by atoms with van der Waals surface area (Å²) >= 11 is 0. The highest BCUT2D eigenvalue weighted by Crippen LogP contribution is 2.23. The summed E-state index contributed by atoms with van der Waals surface area (Å²) in [5.74, 6) is 2.49. The Morgan fingerprint density at radius 3 is 2.21 bits per heavy atom. The summed E-state index contributed by atoms with van der Waals surface area (Å²) in [5, 5.41) is 3.83. The molecule has 0 radical (unpaired) electrons. The molecule has 0 bridgehead atoms. The van der Waals surface area contributed by atoms with Gasteiger partial charge in [-0.15, -0.1) is 0 Å². The summed E-state index contributed by atoms with van der Waals surface area (Å²) in [4.78, 5) is 5.12. The lowest BCUT2D eigenvalue weighted by atomic mass is 10.2. The zero-order valence-electron chi connectivity index (χ0n) is 14.2. The van der Waals surface area contributed by atoms with Crippen molar-refractivity contribution >= 4 is 6.21 Å². The lowest BCUT2D eigenvalue weighted by Crippen LogP contribution is -1.98. The number of benzene rings is 2. The van der Waals surface area contributed by atoms with E-state index in [9.17, 15) is 0 Å². The van der Waals surface area contributed by atoms with Crippen molar-refractivity contribution in [3.8, 4) is 17.2 Å². The maximum atomic E-state index is 5.75. The third kappa shape index (κ3) is 7.18. The van der Waals surface area contributed by atoms with Gasteiger partial charge in [0.15, 0.2) is 0 Å². The number of hydrogen-bond acceptors (Lipinski definition) is 4. The zero-order chi connectivity index (χ0) is 16.9. The molecule has 0 atom stereocenters. The van der Waals surface area contributed by atoms with Crippen LogP contribution in [0.25, 0.3) is 0 Å². The van der Waals surface area contributed by atoms with E-state index >= 15 is 0 Å². The van der Waals surface area contributed by atoms with Gasteiger partial charge in [-0.3, -0.25) is 0 Å². The first-order valence-corrected chi connectivity index (χ1v) is 8.48. The van der Waals surface area contributed by atoms with Gasteiger partial charge in [-0.05, 0) is 62.1 Å². The lowest BCUT2D eigenvalue weighted by Gasteiger charge is -2.08. The second-order valence-corrected chi connectivity index (χ2v) is 5.33. The number of ether oxygens (including phenoxy) is 2. The summed E-state index contributed by atoms with van der Waals surface area (Å²) < 4.78 is 11.5. The third-order valence-corrected chi connectivity index (χ3v) is 3.28. The van der Waals surface area contributed by atoms with Gasteiger partial charge in [0.25, 0.3) is 0 Å². The number of oxime groups is 1. The van der Waals surface area contributed by atoms with Crippen LogP contribution in [0, 0.1) is 0 Å². The van der Waals surface area contributed by atoms with Gasteiger partial charge < -0.3 is 14.3 Å². The molecule has 0 aliphatic rings. The highest BCUT2D eigenvalue weighted by Gasteiger charge is 1.98. The summed E-state index contributed by atoms with van der Waals surface area (Å²) in [7, 11) is 0. The monoisotopic (exact) mass is 327 g/mol. The second-order valence-electron chi connectivity index (χ2n) is 5.33. The molecule has 128 valence electrons. The molecule has 4 heteroatoms. The molecule has 4 nitrogen and oxygen atoms in total. The molecule has 0 aliphatic carbocycles. The quantitative estimate of drug-likeness (QED) is 0.313. The van der Waals surface area contributed by atoms with E-state index in [4.69, 9.17) is 14.3 Å². The lowest BCUT2D eigenvalue weighted by molar-refractivity contribution is 0.139. The van der Waals surface area contributed by atoms with E-state index in [1.54, 1.807) is 6.21 Å². The SMILES string of the molecule is CCC=NOCCCCCOc1ccc(Oc2ccccc2)cc1. The Labute approximate surface area is 144 Å². The fourth-order valence-electron chi connectivity index (χ4n) is 2.04. The van der Waals surface area contributed by atoms with Gasteiger partial charge >= 0.3 is 0 Å².